The van der Waals surface area contributed by atoms with Crippen molar-refractivity contribution in [2.75, 3.05) is 0 Å². The number of hydrogen-bond donors (Lipinski definition) is 1. The Bertz CT molecular complexity index is 669. The van der Waals surface area contributed by atoms with E-state index < -0.39 is 22.3 Å². The second-order valence-corrected chi connectivity index (χ2v) is 3.77. The second-order valence-electron chi connectivity index (χ2n) is 3.77. The fourth-order valence-electron chi connectivity index (χ4n) is 1.73. The smallest absolute Gasteiger partial charge is 0.338 e. The third kappa shape index (κ3) is 2.42. The summed E-state index contributed by atoms with van der Waals surface area (Å²) in [7, 11) is 0. The van der Waals surface area contributed by atoms with Gasteiger partial charge in [0.1, 0.15) is 5.82 Å². The lowest BCUT2D eigenvalue weighted by Gasteiger charge is -2.04. The Morgan fingerprint density at radius 1 is 1.21 bits per heavy atom. The largest absolute Gasteiger partial charge is 0.478 e. The minimum Gasteiger partial charge on any atom is -0.478 e. The summed E-state index contributed by atoms with van der Waals surface area (Å²) in [6, 6.07) is 9.28. The number of aromatic carboxylic acids is 1. The summed E-state index contributed by atoms with van der Waals surface area (Å²) in [5.74, 6) is -2.31. The number of carbonyl (C=O) groups is 1. The maximum Gasteiger partial charge on any atom is 0.338 e. The van der Waals surface area contributed by atoms with Crippen molar-refractivity contribution in [1.29, 1.82) is 0 Å². The van der Waals surface area contributed by atoms with Crippen LogP contribution in [0.1, 0.15) is 10.4 Å². The van der Waals surface area contributed by atoms with Crippen molar-refractivity contribution in [3.8, 4) is 11.1 Å². The first-order valence-corrected chi connectivity index (χ1v) is 5.27. The Hall–Kier alpha value is -2.76. The molecule has 0 amide bonds. The van der Waals surface area contributed by atoms with Gasteiger partial charge < -0.3 is 5.11 Å². The highest BCUT2D eigenvalue weighted by Crippen LogP contribution is 2.30. The number of carboxylic acids is 1. The molecule has 0 bridgehead atoms. The first-order chi connectivity index (χ1) is 9.00. The van der Waals surface area contributed by atoms with Gasteiger partial charge in [-0.15, -0.1) is 0 Å². The highest BCUT2D eigenvalue weighted by Gasteiger charge is 2.17. The summed E-state index contributed by atoms with van der Waals surface area (Å²) in [5, 5.41) is 19.6. The monoisotopic (exact) mass is 261 g/mol. The van der Waals surface area contributed by atoms with Gasteiger partial charge >= 0.3 is 5.97 Å². The Morgan fingerprint density at radius 3 is 2.47 bits per heavy atom. The van der Waals surface area contributed by atoms with E-state index in [2.05, 4.69) is 0 Å². The number of nitro benzene ring substituents is 1. The van der Waals surface area contributed by atoms with Crippen LogP contribution in [0.25, 0.3) is 11.1 Å². The SMILES string of the molecule is O=C(O)c1ccc(-c2ccccc2[N+](=O)[O-])cc1F. The third-order valence-electron chi connectivity index (χ3n) is 2.61. The van der Waals surface area contributed by atoms with Crippen molar-refractivity contribution >= 4 is 11.7 Å². The molecule has 0 fully saturated rings. The minimum atomic E-state index is -1.38. The Balaban J connectivity index is 2.57. The Kier molecular flexibility index (Phi) is 3.24. The predicted octanol–water partition coefficient (Wildman–Crippen LogP) is 3.10. The lowest BCUT2D eigenvalue weighted by atomic mass is 10.0. The van der Waals surface area contributed by atoms with Gasteiger partial charge in [-0.25, -0.2) is 9.18 Å². The highest BCUT2D eigenvalue weighted by atomic mass is 19.1. The van der Waals surface area contributed by atoms with Gasteiger partial charge in [0.25, 0.3) is 5.69 Å². The van der Waals surface area contributed by atoms with E-state index in [-0.39, 0.29) is 16.8 Å². The Labute approximate surface area is 107 Å². The average Bonchev–Trinajstić information content (AvgIpc) is 2.38. The van der Waals surface area contributed by atoms with Crippen LogP contribution in [0, 0.1) is 15.9 Å². The molecule has 1 N–H and O–H groups in total. The maximum atomic E-state index is 13.6. The number of nitrogens with zero attached hydrogens (tertiary/aromatic N) is 1. The van der Waals surface area contributed by atoms with Crippen LogP contribution in [0.4, 0.5) is 10.1 Å². The normalized spacial score (nSPS) is 10.2. The molecule has 5 nitrogen and oxygen atoms in total. The van der Waals surface area contributed by atoms with Gasteiger partial charge in [0.15, 0.2) is 0 Å². The van der Waals surface area contributed by atoms with E-state index in [0.717, 1.165) is 12.1 Å². The Morgan fingerprint density at radius 2 is 1.89 bits per heavy atom. The molecule has 0 saturated heterocycles. The number of nitro groups is 1. The predicted molar refractivity (Wildman–Crippen MR) is 65.4 cm³/mol. The summed E-state index contributed by atoms with van der Waals surface area (Å²) in [5.41, 5.74) is -0.134. The van der Waals surface area contributed by atoms with Crippen molar-refractivity contribution < 1.29 is 19.2 Å². The van der Waals surface area contributed by atoms with Gasteiger partial charge in [-0.1, -0.05) is 18.2 Å². The van der Waals surface area contributed by atoms with E-state index in [4.69, 9.17) is 5.11 Å². The van der Waals surface area contributed by atoms with Crippen molar-refractivity contribution in [3.05, 3.63) is 64.0 Å². The number of carboxylic acid groups (broad SMARTS) is 1. The molecule has 0 aromatic heterocycles. The summed E-state index contributed by atoms with van der Waals surface area (Å²) in [6.45, 7) is 0. The van der Waals surface area contributed by atoms with Crippen LogP contribution in [0.3, 0.4) is 0 Å². The van der Waals surface area contributed by atoms with Gasteiger partial charge in [0.05, 0.1) is 16.1 Å². The molecule has 0 heterocycles. The van der Waals surface area contributed by atoms with E-state index in [1.807, 2.05) is 0 Å². The van der Waals surface area contributed by atoms with Crippen LogP contribution in [-0.2, 0) is 0 Å². The molecule has 96 valence electrons. The van der Waals surface area contributed by atoms with E-state index >= 15 is 0 Å². The zero-order valence-corrected chi connectivity index (χ0v) is 9.54. The molecule has 2 rings (SSSR count). The second kappa shape index (κ2) is 4.85. The number of rotatable bonds is 3. The van der Waals surface area contributed by atoms with Gasteiger partial charge in [-0.05, 0) is 23.8 Å². The van der Waals surface area contributed by atoms with E-state index in [1.165, 1.54) is 24.3 Å². The molecule has 0 aliphatic rings. The van der Waals surface area contributed by atoms with Crippen LogP contribution >= 0.6 is 0 Å². The van der Waals surface area contributed by atoms with Crippen LogP contribution in [0.15, 0.2) is 42.5 Å². The molecule has 0 aliphatic heterocycles. The molecular formula is C13H8FNO4. The molecule has 0 unspecified atom stereocenters. The first-order valence-electron chi connectivity index (χ1n) is 5.27. The molecule has 2 aromatic rings. The zero-order valence-electron chi connectivity index (χ0n) is 9.54. The number of hydrogen-bond acceptors (Lipinski definition) is 3. The average molecular weight is 261 g/mol. The fraction of sp³-hybridized carbons (Fsp3) is 0. The summed E-state index contributed by atoms with van der Waals surface area (Å²) in [4.78, 5) is 21.0. The lowest BCUT2D eigenvalue weighted by molar-refractivity contribution is -0.384. The van der Waals surface area contributed by atoms with Gasteiger partial charge in [-0.3, -0.25) is 10.1 Å². The fourth-order valence-corrected chi connectivity index (χ4v) is 1.73. The van der Waals surface area contributed by atoms with Crippen molar-refractivity contribution in [3.63, 3.8) is 0 Å². The summed E-state index contributed by atoms with van der Waals surface area (Å²) < 4.78 is 13.6. The maximum absolute atomic E-state index is 13.6. The van der Waals surface area contributed by atoms with Crippen molar-refractivity contribution in [1.82, 2.24) is 0 Å². The summed E-state index contributed by atoms with van der Waals surface area (Å²) >= 11 is 0. The summed E-state index contributed by atoms with van der Waals surface area (Å²) in [6.07, 6.45) is 0. The molecule has 19 heavy (non-hydrogen) atoms. The van der Waals surface area contributed by atoms with Crippen LogP contribution < -0.4 is 0 Å². The lowest BCUT2D eigenvalue weighted by Crippen LogP contribution is -2.00. The van der Waals surface area contributed by atoms with E-state index in [1.54, 1.807) is 6.07 Å². The van der Waals surface area contributed by atoms with Crippen molar-refractivity contribution in [2.24, 2.45) is 0 Å². The molecule has 2 aromatic carbocycles. The molecular weight excluding hydrogens is 253 g/mol. The van der Waals surface area contributed by atoms with Crippen molar-refractivity contribution in [2.45, 2.75) is 0 Å². The molecule has 0 atom stereocenters. The molecule has 0 spiro atoms. The van der Waals surface area contributed by atoms with Gasteiger partial charge in [-0.2, -0.15) is 0 Å². The van der Waals surface area contributed by atoms with Gasteiger partial charge in [0.2, 0.25) is 0 Å². The topological polar surface area (TPSA) is 80.4 Å². The van der Waals surface area contributed by atoms with E-state index in [9.17, 15) is 19.3 Å². The molecule has 0 saturated carbocycles. The van der Waals surface area contributed by atoms with Gasteiger partial charge in [0, 0.05) is 6.07 Å². The quantitative estimate of drug-likeness (QED) is 0.680. The molecule has 0 aliphatic carbocycles. The highest BCUT2D eigenvalue weighted by molar-refractivity contribution is 5.89. The standard InChI is InChI=1S/C13H8FNO4/c14-11-7-8(5-6-10(11)13(16)17)9-3-1-2-4-12(9)15(18)19/h1-7H,(H,16,17). The minimum absolute atomic E-state index is 0.162. The first kappa shape index (κ1) is 12.7. The molecule has 6 heteroatoms. The van der Waals surface area contributed by atoms with Crippen LogP contribution in [0.2, 0.25) is 0 Å². The number of para-hydroxylation sites is 1. The number of halogens is 1. The molecule has 0 radical (unpaired) electrons. The zero-order chi connectivity index (χ0) is 14.0. The van der Waals surface area contributed by atoms with Crippen LogP contribution in [-0.4, -0.2) is 16.0 Å². The van der Waals surface area contributed by atoms with Crippen LogP contribution in [0.5, 0.6) is 0 Å². The van der Waals surface area contributed by atoms with E-state index in [0.29, 0.717) is 0 Å². The third-order valence-corrected chi connectivity index (χ3v) is 2.61. The number of benzene rings is 2.